The highest BCUT2D eigenvalue weighted by atomic mass is 16.5. The molecule has 5 nitrogen and oxygen atoms in total. The summed E-state index contributed by atoms with van der Waals surface area (Å²) >= 11 is 0. The van der Waals surface area contributed by atoms with Gasteiger partial charge in [0.15, 0.2) is 0 Å². The molecule has 1 aromatic carbocycles. The third-order valence-corrected chi connectivity index (χ3v) is 5.19. The molecule has 1 amide bonds. The smallest absolute Gasteiger partial charge is 0.239 e. The molecule has 0 N–H and O–H groups in total. The molecule has 1 atom stereocenters. The van der Waals surface area contributed by atoms with Crippen molar-refractivity contribution in [3.63, 3.8) is 0 Å². The summed E-state index contributed by atoms with van der Waals surface area (Å²) in [6, 6.07) is 6.26. The van der Waals surface area contributed by atoms with E-state index in [1.54, 1.807) is 7.11 Å². The van der Waals surface area contributed by atoms with Gasteiger partial charge in [-0.25, -0.2) is 0 Å². The van der Waals surface area contributed by atoms with E-state index in [2.05, 4.69) is 28.9 Å². The fraction of sp³-hybridized carbons (Fsp3) is 0.632. The highest BCUT2D eigenvalue weighted by molar-refractivity contribution is 5.82. The van der Waals surface area contributed by atoms with Crippen molar-refractivity contribution in [2.45, 2.75) is 32.2 Å². The Bertz CT molecular complexity index is 570. The van der Waals surface area contributed by atoms with Crippen LogP contribution in [-0.2, 0) is 22.4 Å². The van der Waals surface area contributed by atoms with Crippen molar-refractivity contribution < 1.29 is 14.3 Å². The van der Waals surface area contributed by atoms with Gasteiger partial charge in [-0.05, 0) is 42.5 Å². The standard InChI is InChI=1S/C19H28N2O3/c1-3-18(20-10-12-24-13-11-20)19(22)21-8-6-15-4-5-17(23-2)14-16(15)7-9-21/h4-5,14,18H,3,6-13H2,1-2H3. The van der Waals surface area contributed by atoms with Gasteiger partial charge < -0.3 is 14.4 Å². The van der Waals surface area contributed by atoms with Crippen molar-refractivity contribution in [1.29, 1.82) is 0 Å². The quantitative estimate of drug-likeness (QED) is 0.842. The van der Waals surface area contributed by atoms with E-state index in [0.717, 1.165) is 64.4 Å². The van der Waals surface area contributed by atoms with E-state index in [0.29, 0.717) is 0 Å². The SMILES string of the molecule is CCC(C(=O)N1CCc2ccc(OC)cc2CC1)N1CCOCC1. The Kier molecular flexibility index (Phi) is 5.74. The third kappa shape index (κ3) is 3.73. The molecule has 2 aliphatic heterocycles. The molecule has 3 rings (SSSR count). The minimum absolute atomic E-state index is 0.00958. The van der Waals surface area contributed by atoms with E-state index in [1.165, 1.54) is 11.1 Å². The second-order valence-corrected chi connectivity index (χ2v) is 6.53. The van der Waals surface area contributed by atoms with Crippen LogP contribution < -0.4 is 4.74 Å². The Balaban J connectivity index is 1.68. The minimum Gasteiger partial charge on any atom is -0.497 e. The summed E-state index contributed by atoms with van der Waals surface area (Å²) in [4.78, 5) is 17.4. The second-order valence-electron chi connectivity index (χ2n) is 6.53. The minimum atomic E-state index is -0.00958. The molecule has 0 radical (unpaired) electrons. The number of morpholine rings is 1. The molecule has 5 heteroatoms. The molecule has 132 valence electrons. The van der Waals surface area contributed by atoms with E-state index in [-0.39, 0.29) is 11.9 Å². The van der Waals surface area contributed by atoms with Crippen LogP contribution in [0.3, 0.4) is 0 Å². The number of carbonyl (C=O) groups is 1. The maximum absolute atomic E-state index is 13.1. The summed E-state index contributed by atoms with van der Waals surface area (Å²) in [5, 5.41) is 0. The van der Waals surface area contributed by atoms with Gasteiger partial charge in [0.05, 0.1) is 26.4 Å². The average molecular weight is 332 g/mol. The third-order valence-electron chi connectivity index (χ3n) is 5.19. The van der Waals surface area contributed by atoms with Crippen molar-refractivity contribution in [3.8, 4) is 5.75 Å². The first kappa shape index (κ1) is 17.2. The van der Waals surface area contributed by atoms with Crippen LogP contribution in [0.5, 0.6) is 5.75 Å². The highest BCUT2D eigenvalue weighted by Gasteiger charge is 2.30. The molecule has 0 aromatic heterocycles. The Morgan fingerprint density at radius 2 is 1.88 bits per heavy atom. The van der Waals surface area contributed by atoms with Crippen LogP contribution in [0.15, 0.2) is 18.2 Å². The zero-order valence-corrected chi connectivity index (χ0v) is 14.8. The van der Waals surface area contributed by atoms with Gasteiger partial charge in [-0.1, -0.05) is 13.0 Å². The Labute approximate surface area is 144 Å². The number of hydrogen-bond donors (Lipinski definition) is 0. The predicted octanol–water partition coefficient (Wildman–Crippen LogP) is 1.73. The zero-order chi connectivity index (χ0) is 16.9. The van der Waals surface area contributed by atoms with Crippen LogP contribution in [0.1, 0.15) is 24.5 Å². The Morgan fingerprint density at radius 1 is 1.17 bits per heavy atom. The molecule has 24 heavy (non-hydrogen) atoms. The fourth-order valence-corrected chi connectivity index (χ4v) is 3.74. The van der Waals surface area contributed by atoms with Crippen molar-refractivity contribution in [3.05, 3.63) is 29.3 Å². The van der Waals surface area contributed by atoms with E-state index >= 15 is 0 Å². The first-order valence-corrected chi connectivity index (χ1v) is 8.99. The number of fused-ring (bicyclic) bond motifs is 1. The molecule has 1 aromatic rings. The van der Waals surface area contributed by atoms with Crippen molar-refractivity contribution in [2.24, 2.45) is 0 Å². The van der Waals surface area contributed by atoms with Crippen LogP contribution in [0, 0.1) is 0 Å². The van der Waals surface area contributed by atoms with Crippen molar-refractivity contribution >= 4 is 5.91 Å². The molecule has 0 bridgehead atoms. The number of nitrogens with zero attached hydrogens (tertiary/aromatic N) is 2. The van der Waals surface area contributed by atoms with Gasteiger partial charge in [0.25, 0.3) is 0 Å². The van der Waals surface area contributed by atoms with E-state index in [4.69, 9.17) is 9.47 Å². The molecular weight excluding hydrogens is 304 g/mol. The number of methoxy groups -OCH3 is 1. The van der Waals surface area contributed by atoms with Gasteiger partial charge in [-0.15, -0.1) is 0 Å². The summed E-state index contributed by atoms with van der Waals surface area (Å²) in [6.07, 6.45) is 2.68. The lowest BCUT2D eigenvalue weighted by atomic mass is 10.0. The van der Waals surface area contributed by atoms with Gasteiger partial charge in [-0.2, -0.15) is 0 Å². The number of carbonyl (C=O) groups excluding carboxylic acids is 1. The molecule has 2 aliphatic rings. The van der Waals surface area contributed by atoms with Crippen molar-refractivity contribution in [2.75, 3.05) is 46.5 Å². The monoisotopic (exact) mass is 332 g/mol. The molecule has 1 fully saturated rings. The number of hydrogen-bond acceptors (Lipinski definition) is 4. The molecule has 0 spiro atoms. The molecule has 0 aliphatic carbocycles. The van der Waals surface area contributed by atoms with Gasteiger partial charge in [0, 0.05) is 26.2 Å². The number of amides is 1. The lowest BCUT2D eigenvalue weighted by Crippen LogP contribution is -2.52. The molecule has 0 saturated carbocycles. The molecule has 1 saturated heterocycles. The van der Waals surface area contributed by atoms with Gasteiger partial charge in [-0.3, -0.25) is 9.69 Å². The molecule has 1 unspecified atom stereocenters. The van der Waals surface area contributed by atoms with Gasteiger partial charge >= 0.3 is 0 Å². The van der Waals surface area contributed by atoms with E-state index in [1.807, 2.05) is 6.07 Å². The van der Waals surface area contributed by atoms with Gasteiger partial charge in [0.2, 0.25) is 5.91 Å². The summed E-state index contributed by atoms with van der Waals surface area (Å²) in [6.45, 7) is 6.88. The lowest BCUT2D eigenvalue weighted by Gasteiger charge is -2.36. The largest absolute Gasteiger partial charge is 0.497 e. The van der Waals surface area contributed by atoms with Crippen LogP contribution in [0.25, 0.3) is 0 Å². The second kappa shape index (κ2) is 7.99. The van der Waals surface area contributed by atoms with Crippen LogP contribution in [-0.4, -0.2) is 68.3 Å². The molecular formula is C19H28N2O3. The fourth-order valence-electron chi connectivity index (χ4n) is 3.74. The Morgan fingerprint density at radius 3 is 2.54 bits per heavy atom. The normalized spacial score (nSPS) is 20.2. The summed E-state index contributed by atoms with van der Waals surface area (Å²) in [5.41, 5.74) is 2.65. The van der Waals surface area contributed by atoms with Crippen LogP contribution >= 0.6 is 0 Å². The Hall–Kier alpha value is -1.59. The van der Waals surface area contributed by atoms with Crippen LogP contribution in [0.2, 0.25) is 0 Å². The molecule has 2 heterocycles. The summed E-state index contributed by atoms with van der Waals surface area (Å²) in [7, 11) is 1.70. The summed E-state index contributed by atoms with van der Waals surface area (Å²) < 4.78 is 10.8. The first-order chi connectivity index (χ1) is 11.7. The predicted molar refractivity (Wildman–Crippen MR) is 93.5 cm³/mol. The van der Waals surface area contributed by atoms with Gasteiger partial charge in [0.1, 0.15) is 5.75 Å². The average Bonchev–Trinajstić information content (AvgIpc) is 2.85. The first-order valence-electron chi connectivity index (χ1n) is 8.99. The highest BCUT2D eigenvalue weighted by Crippen LogP contribution is 2.22. The lowest BCUT2D eigenvalue weighted by molar-refractivity contribution is -0.138. The van der Waals surface area contributed by atoms with Crippen molar-refractivity contribution in [1.82, 2.24) is 9.80 Å². The maximum Gasteiger partial charge on any atom is 0.239 e. The number of ether oxygens (including phenoxy) is 2. The zero-order valence-electron chi connectivity index (χ0n) is 14.8. The van der Waals surface area contributed by atoms with Crippen LogP contribution in [0.4, 0.5) is 0 Å². The topological polar surface area (TPSA) is 42.0 Å². The number of benzene rings is 1. The summed E-state index contributed by atoms with van der Waals surface area (Å²) in [5.74, 6) is 1.17. The van der Waals surface area contributed by atoms with E-state index in [9.17, 15) is 4.79 Å². The number of rotatable bonds is 4. The maximum atomic E-state index is 13.1. The van der Waals surface area contributed by atoms with E-state index < -0.39 is 0 Å².